The van der Waals surface area contributed by atoms with E-state index >= 15 is 0 Å². The van der Waals surface area contributed by atoms with Crippen molar-refractivity contribution >= 4 is 5.84 Å². The minimum absolute atomic E-state index is 0.208. The molecule has 0 spiro atoms. The molecule has 2 rings (SSSR count). The molecule has 3 heteroatoms. The highest BCUT2D eigenvalue weighted by Crippen LogP contribution is 2.19. The van der Waals surface area contributed by atoms with E-state index in [0.717, 1.165) is 16.9 Å². The molecule has 1 heterocycles. The lowest BCUT2D eigenvalue weighted by molar-refractivity contribution is 0.582. The van der Waals surface area contributed by atoms with Crippen molar-refractivity contribution in [1.29, 1.82) is 0 Å². The van der Waals surface area contributed by atoms with Gasteiger partial charge in [-0.1, -0.05) is 24.3 Å². The van der Waals surface area contributed by atoms with Crippen molar-refractivity contribution in [3.63, 3.8) is 0 Å². The van der Waals surface area contributed by atoms with Crippen molar-refractivity contribution in [2.75, 3.05) is 0 Å². The fourth-order valence-electron chi connectivity index (χ4n) is 1.60. The van der Waals surface area contributed by atoms with E-state index in [4.69, 9.17) is 10.2 Å². The van der Waals surface area contributed by atoms with Crippen LogP contribution in [0.15, 0.2) is 52.1 Å². The summed E-state index contributed by atoms with van der Waals surface area (Å²) in [5, 5.41) is 0. The highest BCUT2D eigenvalue weighted by atomic mass is 16.3. The molecule has 0 aliphatic carbocycles. The Morgan fingerprint density at radius 1 is 1.18 bits per heavy atom. The summed E-state index contributed by atoms with van der Waals surface area (Å²) in [5.74, 6) is 1.43. The summed E-state index contributed by atoms with van der Waals surface area (Å²) >= 11 is 0. The first-order chi connectivity index (χ1) is 8.16. The predicted molar refractivity (Wildman–Crippen MR) is 70.0 cm³/mol. The molecule has 3 nitrogen and oxygen atoms in total. The van der Waals surface area contributed by atoms with Crippen LogP contribution < -0.4 is 5.73 Å². The molecule has 0 bridgehead atoms. The standard InChI is InChI=1S/C14H16N2O/c1-10(2)16-14(15)12-7-5-11(6-8-12)13-4-3-9-17-13/h3-10H,1-2H3,(H2,15,16). The van der Waals surface area contributed by atoms with Gasteiger partial charge in [0.2, 0.25) is 0 Å². The zero-order valence-corrected chi connectivity index (χ0v) is 10.1. The van der Waals surface area contributed by atoms with E-state index in [1.165, 1.54) is 0 Å². The first-order valence-corrected chi connectivity index (χ1v) is 5.64. The van der Waals surface area contributed by atoms with Gasteiger partial charge in [-0.3, -0.25) is 4.99 Å². The molecule has 0 radical (unpaired) electrons. The molecule has 0 unspecified atom stereocenters. The molecule has 2 N–H and O–H groups in total. The van der Waals surface area contributed by atoms with Gasteiger partial charge in [-0.05, 0) is 26.0 Å². The quantitative estimate of drug-likeness (QED) is 0.648. The van der Waals surface area contributed by atoms with E-state index in [1.807, 2.05) is 50.2 Å². The minimum atomic E-state index is 0.208. The van der Waals surface area contributed by atoms with Crippen LogP contribution in [-0.4, -0.2) is 11.9 Å². The molecule has 1 aromatic heterocycles. The lowest BCUT2D eigenvalue weighted by atomic mass is 10.1. The molecule has 0 saturated carbocycles. The molecular formula is C14H16N2O. The molecule has 0 amide bonds. The number of amidine groups is 1. The maximum absolute atomic E-state index is 5.89. The Labute approximate surface area is 101 Å². The van der Waals surface area contributed by atoms with Crippen LogP contribution in [0, 0.1) is 0 Å². The lowest BCUT2D eigenvalue weighted by Gasteiger charge is -2.04. The van der Waals surface area contributed by atoms with Crippen molar-refractivity contribution in [2.24, 2.45) is 10.7 Å². The number of nitrogens with two attached hydrogens (primary N) is 1. The summed E-state index contributed by atoms with van der Waals surface area (Å²) in [7, 11) is 0. The van der Waals surface area contributed by atoms with Crippen LogP contribution >= 0.6 is 0 Å². The molecule has 1 aromatic carbocycles. The lowest BCUT2D eigenvalue weighted by Crippen LogP contribution is -2.15. The Morgan fingerprint density at radius 2 is 1.88 bits per heavy atom. The van der Waals surface area contributed by atoms with Crippen molar-refractivity contribution in [3.05, 3.63) is 48.2 Å². The first kappa shape index (κ1) is 11.5. The molecule has 0 aliphatic heterocycles. The average molecular weight is 228 g/mol. The number of hydrogen-bond acceptors (Lipinski definition) is 2. The maximum Gasteiger partial charge on any atom is 0.133 e. The molecule has 0 aliphatic rings. The Kier molecular flexibility index (Phi) is 3.28. The van der Waals surface area contributed by atoms with Gasteiger partial charge in [-0.15, -0.1) is 0 Å². The summed E-state index contributed by atoms with van der Waals surface area (Å²) in [4.78, 5) is 4.31. The predicted octanol–water partition coefficient (Wildman–Crippen LogP) is 3.06. The topological polar surface area (TPSA) is 51.5 Å². The maximum atomic E-state index is 5.89. The molecule has 0 atom stereocenters. The second-order valence-electron chi connectivity index (χ2n) is 4.16. The van der Waals surface area contributed by atoms with Crippen LogP contribution in [0.4, 0.5) is 0 Å². The monoisotopic (exact) mass is 228 g/mol. The first-order valence-electron chi connectivity index (χ1n) is 5.64. The minimum Gasteiger partial charge on any atom is -0.464 e. The van der Waals surface area contributed by atoms with Gasteiger partial charge in [0.1, 0.15) is 11.6 Å². The Hall–Kier alpha value is -2.03. The summed E-state index contributed by atoms with van der Waals surface area (Å²) in [6.07, 6.45) is 1.66. The third-order valence-electron chi connectivity index (χ3n) is 2.38. The van der Waals surface area contributed by atoms with Gasteiger partial charge in [-0.25, -0.2) is 0 Å². The van der Waals surface area contributed by atoms with Gasteiger partial charge in [-0.2, -0.15) is 0 Å². The fourth-order valence-corrected chi connectivity index (χ4v) is 1.60. The van der Waals surface area contributed by atoms with Crippen LogP contribution in [0.5, 0.6) is 0 Å². The summed E-state index contributed by atoms with van der Waals surface area (Å²) in [6, 6.07) is 11.9. The third-order valence-corrected chi connectivity index (χ3v) is 2.38. The van der Waals surface area contributed by atoms with Crippen molar-refractivity contribution in [3.8, 4) is 11.3 Å². The second kappa shape index (κ2) is 4.87. The van der Waals surface area contributed by atoms with Crippen LogP contribution in [0.25, 0.3) is 11.3 Å². The second-order valence-corrected chi connectivity index (χ2v) is 4.16. The van der Waals surface area contributed by atoms with E-state index in [1.54, 1.807) is 6.26 Å². The Bertz CT molecular complexity index is 496. The highest BCUT2D eigenvalue weighted by molar-refractivity contribution is 5.97. The smallest absolute Gasteiger partial charge is 0.133 e. The van der Waals surface area contributed by atoms with Crippen LogP contribution in [-0.2, 0) is 0 Å². The molecule has 17 heavy (non-hydrogen) atoms. The van der Waals surface area contributed by atoms with E-state index < -0.39 is 0 Å². The normalized spacial score (nSPS) is 12.1. The largest absolute Gasteiger partial charge is 0.464 e. The van der Waals surface area contributed by atoms with E-state index in [-0.39, 0.29) is 6.04 Å². The number of hydrogen-bond donors (Lipinski definition) is 1. The Balaban J connectivity index is 2.25. The molecule has 0 fully saturated rings. The summed E-state index contributed by atoms with van der Waals surface area (Å²) in [5.41, 5.74) is 7.87. The number of aliphatic imine (C=N–C) groups is 1. The summed E-state index contributed by atoms with van der Waals surface area (Å²) < 4.78 is 5.32. The fraction of sp³-hybridized carbons (Fsp3) is 0.214. The van der Waals surface area contributed by atoms with Gasteiger partial charge in [0, 0.05) is 17.2 Å². The van der Waals surface area contributed by atoms with Gasteiger partial charge >= 0.3 is 0 Å². The molecule has 0 saturated heterocycles. The van der Waals surface area contributed by atoms with Crippen molar-refractivity contribution in [2.45, 2.75) is 19.9 Å². The number of furan rings is 1. The molecule has 88 valence electrons. The van der Waals surface area contributed by atoms with Gasteiger partial charge in [0.25, 0.3) is 0 Å². The number of nitrogens with zero attached hydrogens (tertiary/aromatic N) is 1. The van der Waals surface area contributed by atoms with Crippen LogP contribution in [0.1, 0.15) is 19.4 Å². The molecule has 2 aromatic rings. The average Bonchev–Trinajstić information content (AvgIpc) is 2.82. The van der Waals surface area contributed by atoms with Gasteiger partial charge in [0.05, 0.1) is 6.26 Å². The van der Waals surface area contributed by atoms with Crippen molar-refractivity contribution in [1.82, 2.24) is 0 Å². The van der Waals surface area contributed by atoms with E-state index in [2.05, 4.69) is 4.99 Å². The van der Waals surface area contributed by atoms with Crippen molar-refractivity contribution < 1.29 is 4.42 Å². The highest BCUT2D eigenvalue weighted by Gasteiger charge is 2.02. The molecular weight excluding hydrogens is 212 g/mol. The SMILES string of the molecule is CC(C)N=C(N)c1ccc(-c2ccco2)cc1. The van der Waals surface area contributed by atoms with E-state index in [0.29, 0.717) is 5.84 Å². The number of rotatable bonds is 3. The van der Waals surface area contributed by atoms with E-state index in [9.17, 15) is 0 Å². The summed E-state index contributed by atoms with van der Waals surface area (Å²) in [6.45, 7) is 4.01. The van der Waals surface area contributed by atoms with Crippen LogP contribution in [0.2, 0.25) is 0 Å². The third kappa shape index (κ3) is 2.75. The van der Waals surface area contributed by atoms with Gasteiger partial charge < -0.3 is 10.2 Å². The zero-order chi connectivity index (χ0) is 12.3. The number of benzene rings is 1. The van der Waals surface area contributed by atoms with Crippen LogP contribution in [0.3, 0.4) is 0 Å². The zero-order valence-electron chi connectivity index (χ0n) is 10.1. The van der Waals surface area contributed by atoms with Gasteiger partial charge in [0.15, 0.2) is 0 Å². The Morgan fingerprint density at radius 3 is 2.41 bits per heavy atom.